The molecule has 1 aliphatic heterocycles. The molecule has 1 saturated heterocycles. The SMILES string of the molecule is CC(CC(C)(C)C)C(=O)n1c(N(C)C2CCN(c3nc4ccccc4n3Cc3ccc(F)cc3)CC2)nccc1=O. The minimum atomic E-state index is -0.348. The second kappa shape index (κ2) is 11.5. The van der Waals surface area contributed by atoms with Crippen LogP contribution in [0.3, 0.4) is 0 Å². The van der Waals surface area contributed by atoms with Gasteiger partial charge in [0.1, 0.15) is 5.82 Å². The molecule has 1 aliphatic rings. The summed E-state index contributed by atoms with van der Waals surface area (Å²) >= 11 is 0. The van der Waals surface area contributed by atoms with E-state index in [1.165, 1.54) is 29.0 Å². The second-order valence-electron chi connectivity index (χ2n) is 12.4. The van der Waals surface area contributed by atoms with Gasteiger partial charge in [-0.1, -0.05) is 52.0 Å². The van der Waals surface area contributed by atoms with E-state index in [4.69, 9.17) is 4.98 Å². The third-order valence-corrected chi connectivity index (χ3v) is 7.89. The largest absolute Gasteiger partial charge is 0.342 e. The molecule has 8 nitrogen and oxygen atoms in total. The predicted molar refractivity (Wildman–Crippen MR) is 161 cm³/mol. The van der Waals surface area contributed by atoms with E-state index in [0.717, 1.165) is 48.5 Å². The fraction of sp³-hybridized carbons (Fsp3) is 0.438. The van der Waals surface area contributed by atoms with Crippen molar-refractivity contribution in [1.82, 2.24) is 19.1 Å². The van der Waals surface area contributed by atoms with E-state index >= 15 is 0 Å². The number of hydrogen-bond donors (Lipinski definition) is 0. The van der Waals surface area contributed by atoms with Gasteiger partial charge in [0.2, 0.25) is 17.8 Å². The van der Waals surface area contributed by atoms with Crippen molar-refractivity contribution >= 4 is 28.8 Å². The van der Waals surface area contributed by atoms with Crippen molar-refractivity contribution in [3.05, 3.63) is 82.5 Å². The maximum Gasteiger partial charge on any atom is 0.261 e. The highest BCUT2D eigenvalue weighted by molar-refractivity contribution is 5.83. The van der Waals surface area contributed by atoms with Crippen molar-refractivity contribution in [2.45, 2.75) is 59.5 Å². The number of hydrogen-bond acceptors (Lipinski definition) is 6. The number of rotatable bonds is 7. The Labute approximate surface area is 240 Å². The standard InChI is InChI=1S/C32H39FN6O2/c1-22(20-32(2,3)4)29(41)39-28(40)14-17-34-30(39)36(5)25-15-18-37(19-16-25)31-35-26-8-6-7-9-27(26)38(31)21-23-10-12-24(33)13-11-23/h6-14,17,22,25H,15-16,18-21H2,1-5H3. The highest BCUT2D eigenvalue weighted by Crippen LogP contribution is 2.29. The highest BCUT2D eigenvalue weighted by atomic mass is 19.1. The van der Waals surface area contributed by atoms with Crippen molar-refractivity contribution in [2.75, 3.05) is 29.9 Å². The lowest BCUT2D eigenvalue weighted by Crippen LogP contribution is -2.47. The van der Waals surface area contributed by atoms with E-state index in [1.807, 2.05) is 49.2 Å². The molecule has 0 saturated carbocycles. The fourth-order valence-corrected chi connectivity index (χ4v) is 5.93. The van der Waals surface area contributed by atoms with Gasteiger partial charge >= 0.3 is 0 Å². The van der Waals surface area contributed by atoms with Gasteiger partial charge in [0.25, 0.3) is 5.56 Å². The molecule has 5 rings (SSSR count). The maximum absolute atomic E-state index is 13.5. The van der Waals surface area contributed by atoms with Crippen LogP contribution in [0.4, 0.5) is 16.3 Å². The van der Waals surface area contributed by atoms with E-state index in [1.54, 1.807) is 0 Å². The summed E-state index contributed by atoms with van der Waals surface area (Å²) in [6, 6.07) is 16.1. The summed E-state index contributed by atoms with van der Waals surface area (Å²) in [4.78, 5) is 40.1. The van der Waals surface area contributed by atoms with Gasteiger partial charge in [-0.3, -0.25) is 9.59 Å². The van der Waals surface area contributed by atoms with Crippen LogP contribution in [-0.4, -0.2) is 51.2 Å². The average Bonchev–Trinajstić information content (AvgIpc) is 3.30. The molecule has 216 valence electrons. The van der Waals surface area contributed by atoms with Gasteiger partial charge in [-0.05, 0) is 54.5 Å². The molecule has 4 aromatic rings. The van der Waals surface area contributed by atoms with Gasteiger partial charge in [-0.15, -0.1) is 0 Å². The number of imidazole rings is 1. The topological polar surface area (TPSA) is 76.3 Å². The number of halogens is 1. The van der Waals surface area contributed by atoms with Gasteiger partial charge in [0.05, 0.1) is 17.6 Å². The first-order chi connectivity index (χ1) is 19.5. The van der Waals surface area contributed by atoms with Crippen molar-refractivity contribution < 1.29 is 9.18 Å². The molecule has 3 heterocycles. The second-order valence-corrected chi connectivity index (χ2v) is 12.4. The van der Waals surface area contributed by atoms with Crippen LogP contribution in [0.1, 0.15) is 57.3 Å². The lowest BCUT2D eigenvalue weighted by molar-refractivity contribution is 0.0806. The number of anilines is 2. The summed E-state index contributed by atoms with van der Waals surface area (Å²) < 4.78 is 17.0. The average molecular weight is 559 g/mol. The fourth-order valence-electron chi connectivity index (χ4n) is 5.93. The molecule has 1 fully saturated rings. The normalized spacial score (nSPS) is 15.3. The Kier molecular flexibility index (Phi) is 7.98. The number of para-hydroxylation sites is 2. The van der Waals surface area contributed by atoms with Crippen LogP contribution in [0.2, 0.25) is 0 Å². The number of benzene rings is 2. The Bertz CT molecular complexity index is 1580. The minimum Gasteiger partial charge on any atom is -0.342 e. The van der Waals surface area contributed by atoms with Gasteiger partial charge in [0.15, 0.2) is 0 Å². The van der Waals surface area contributed by atoms with E-state index < -0.39 is 0 Å². The third-order valence-electron chi connectivity index (χ3n) is 7.89. The summed E-state index contributed by atoms with van der Waals surface area (Å²) in [7, 11) is 1.92. The highest BCUT2D eigenvalue weighted by Gasteiger charge is 2.30. The van der Waals surface area contributed by atoms with Crippen LogP contribution in [-0.2, 0) is 6.54 Å². The van der Waals surface area contributed by atoms with E-state index in [2.05, 4.69) is 41.3 Å². The van der Waals surface area contributed by atoms with Crippen LogP contribution < -0.4 is 15.4 Å². The number of nitrogens with zero attached hydrogens (tertiary/aromatic N) is 6. The monoisotopic (exact) mass is 558 g/mol. The zero-order chi connectivity index (χ0) is 29.3. The van der Waals surface area contributed by atoms with E-state index in [0.29, 0.717) is 18.9 Å². The molecule has 9 heteroatoms. The molecule has 0 N–H and O–H groups in total. The Morgan fingerprint density at radius 2 is 1.76 bits per heavy atom. The molecular weight excluding hydrogens is 519 g/mol. The van der Waals surface area contributed by atoms with Gasteiger partial charge in [-0.2, -0.15) is 0 Å². The molecule has 0 amide bonds. The number of piperidine rings is 1. The van der Waals surface area contributed by atoms with Crippen LogP contribution >= 0.6 is 0 Å². The minimum absolute atomic E-state index is 0.0347. The molecule has 0 bridgehead atoms. The van der Waals surface area contributed by atoms with Gasteiger partial charge in [-0.25, -0.2) is 18.9 Å². The Balaban J connectivity index is 1.36. The van der Waals surface area contributed by atoms with Crippen molar-refractivity contribution in [3.63, 3.8) is 0 Å². The van der Waals surface area contributed by atoms with Crippen LogP contribution in [0, 0.1) is 17.2 Å². The third kappa shape index (κ3) is 6.19. The lowest BCUT2D eigenvalue weighted by Gasteiger charge is -2.38. The van der Waals surface area contributed by atoms with Crippen LogP contribution in [0.15, 0.2) is 65.6 Å². The summed E-state index contributed by atoms with van der Waals surface area (Å²) in [5, 5.41) is 0. The zero-order valence-electron chi connectivity index (χ0n) is 24.5. The molecule has 41 heavy (non-hydrogen) atoms. The summed E-state index contributed by atoms with van der Waals surface area (Å²) in [5.74, 6) is 0.508. The van der Waals surface area contributed by atoms with Crippen LogP contribution in [0.25, 0.3) is 11.0 Å². The van der Waals surface area contributed by atoms with Gasteiger partial charge in [0, 0.05) is 44.4 Å². The lowest BCUT2D eigenvalue weighted by atomic mass is 9.85. The molecule has 0 radical (unpaired) electrons. The first kappa shape index (κ1) is 28.5. The first-order valence-corrected chi connectivity index (χ1v) is 14.3. The molecule has 1 atom stereocenters. The molecular formula is C32H39FN6O2. The van der Waals surface area contributed by atoms with Crippen molar-refractivity contribution in [1.29, 1.82) is 0 Å². The molecule has 2 aromatic heterocycles. The van der Waals surface area contributed by atoms with E-state index in [-0.39, 0.29) is 34.7 Å². The quantitative estimate of drug-likeness (QED) is 0.294. The molecule has 2 aromatic carbocycles. The summed E-state index contributed by atoms with van der Waals surface area (Å²) in [6.45, 7) is 10.3. The van der Waals surface area contributed by atoms with Crippen molar-refractivity contribution in [2.24, 2.45) is 11.3 Å². The Morgan fingerprint density at radius 1 is 1.07 bits per heavy atom. The first-order valence-electron chi connectivity index (χ1n) is 14.3. The predicted octanol–water partition coefficient (Wildman–Crippen LogP) is 5.60. The number of aromatic nitrogens is 4. The number of carbonyl (C=O) groups excluding carboxylic acids is 1. The summed E-state index contributed by atoms with van der Waals surface area (Å²) in [6.07, 6.45) is 3.78. The Morgan fingerprint density at radius 3 is 2.44 bits per heavy atom. The van der Waals surface area contributed by atoms with E-state index in [9.17, 15) is 14.0 Å². The molecule has 1 unspecified atom stereocenters. The van der Waals surface area contributed by atoms with Crippen molar-refractivity contribution in [3.8, 4) is 0 Å². The molecule has 0 aliphatic carbocycles. The van der Waals surface area contributed by atoms with Crippen LogP contribution in [0.5, 0.6) is 0 Å². The summed E-state index contributed by atoms with van der Waals surface area (Å²) in [5.41, 5.74) is 2.58. The number of fused-ring (bicyclic) bond motifs is 1. The molecule has 0 spiro atoms. The zero-order valence-corrected chi connectivity index (χ0v) is 24.5. The smallest absolute Gasteiger partial charge is 0.261 e. The maximum atomic E-state index is 13.5. The number of carbonyl (C=O) groups is 1. The van der Waals surface area contributed by atoms with Gasteiger partial charge < -0.3 is 14.4 Å². The Hall–Kier alpha value is -4.01.